The molecule has 2 aliphatic rings. The zero-order chi connectivity index (χ0) is 21.0. The van der Waals surface area contributed by atoms with Crippen LogP contribution in [0.4, 0.5) is 0 Å². The van der Waals surface area contributed by atoms with E-state index in [0.717, 1.165) is 5.57 Å². The van der Waals surface area contributed by atoms with Crippen LogP contribution in [-0.4, -0.2) is 41.3 Å². The van der Waals surface area contributed by atoms with Crippen molar-refractivity contribution < 1.29 is 33.7 Å². The predicted molar refractivity (Wildman–Crippen MR) is 101 cm³/mol. The normalized spacial score (nSPS) is 28.5. The molecule has 4 unspecified atom stereocenters. The molecule has 7 heteroatoms. The summed E-state index contributed by atoms with van der Waals surface area (Å²) in [5, 5.41) is 10.3. The highest BCUT2D eigenvalue weighted by Gasteiger charge is 2.45. The Morgan fingerprint density at radius 3 is 2.64 bits per heavy atom. The molecule has 0 amide bonds. The smallest absolute Gasteiger partial charge is 0.374 e. The summed E-state index contributed by atoms with van der Waals surface area (Å²) in [5.74, 6) is -2.85. The van der Waals surface area contributed by atoms with Gasteiger partial charge in [-0.25, -0.2) is 9.59 Å². The number of aliphatic hydroxyl groups excluding tert-OH is 1. The van der Waals surface area contributed by atoms with E-state index >= 15 is 0 Å². The van der Waals surface area contributed by atoms with E-state index < -0.39 is 42.1 Å². The summed E-state index contributed by atoms with van der Waals surface area (Å²) >= 11 is 0. The Labute approximate surface area is 164 Å². The van der Waals surface area contributed by atoms with Gasteiger partial charge in [-0.15, -0.1) is 0 Å². The van der Waals surface area contributed by atoms with Gasteiger partial charge in [0.05, 0.1) is 12.0 Å². The maximum absolute atomic E-state index is 12.5. The lowest BCUT2D eigenvalue weighted by molar-refractivity contribution is -0.156. The molecule has 0 saturated carbocycles. The van der Waals surface area contributed by atoms with Crippen LogP contribution >= 0.6 is 0 Å². The van der Waals surface area contributed by atoms with Crippen LogP contribution < -0.4 is 0 Å². The van der Waals surface area contributed by atoms with E-state index in [1.807, 2.05) is 13.0 Å². The van der Waals surface area contributed by atoms with Crippen molar-refractivity contribution in [3.63, 3.8) is 0 Å². The molecule has 0 aromatic rings. The second kappa shape index (κ2) is 9.01. The fourth-order valence-electron chi connectivity index (χ4n) is 3.26. The molecular weight excluding hydrogens is 364 g/mol. The Morgan fingerprint density at radius 1 is 1.36 bits per heavy atom. The summed E-state index contributed by atoms with van der Waals surface area (Å²) in [4.78, 5) is 35.9. The second-order valence-corrected chi connectivity index (χ2v) is 7.03. The average Bonchev–Trinajstić information content (AvgIpc) is 2.89. The van der Waals surface area contributed by atoms with Crippen LogP contribution in [0.25, 0.3) is 0 Å². The van der Waals surface area contributed by atoms with E-state index in [0.29, 0.717) is 18.4 Å². The number of rotatable bonds is 3. The quantitative estimate of drug-likeness (QED) is 0.260. The van der Waals surface area contributed by atoms with Gasteiger partial charge < -0.3 is 19.3 Å². The Hall–Kier alpha value is -2.67. The highest BCUT2D eigenvalue weighted by Crippen LogP contribution is 2.36. The molecule has 0 aromatic carbocycles. The summed E-state index contributed by atoms with van der Waals surface area (Å²) in [6, 6.07) is 0. The molecule has 7 nitrogen and oxygen atoms in total. The predicted octanol–water partition coefficient (Wildman–Crippen LogP) is 2.51. The van der Waals surface area contributed by atoms with Gasteiger partial charge in [0, 0.05) is 18.9 Å². The van der Waals surface area contributed by atoms with Crippen LogP contribution in [-0.2, 0) is 28.6 Å². The highest BCUT2D eigenvalue weighted by atomic mass is 16.6. The molecule has 1 heterocycles. The standard InChI is InChI=1S/C21H26O7/c1-6-16(26-14(5)22)21(25)28-17-9-11(2)7-8-15(23)12(3)10-18-19(17)13(4)20(24)27-18/h6-7,10,15,17-19,23H,4,8-9H2,1-3,5H3. The maximum atomic E-state index is 12.5. The van der Waals surface area contributed by atoms with Crippen LogP contribution in [0.3, 0.4) is 0 Å². The van der Waals surface area contributed by atoms with E-state index in [9.17, 15) is 19.5 Å². The zero-order valence-corrected chi connectivity index (χ0v) is 16.6. The number of hydrogen-bond donors (Lipinski definition) is 1. The minimum absolute atomic E-state index is 0.198. The Bertz CT molecular complexity index is 772. The molecule has 1 aliphatic carbocycles. The lowest BCUT2D eigenvalue weighted by atomic mass is 9.85. The SMILES string of the molecule is C=C1C(=O)OC2C=C(C)C(O)CC=C(C)CC(OC(=O)C(=CC)OC(C)=O)C12. The number of hydrogen-bond acceptors (Lipinski definition) is 7. The van der Waals surface area contributed by atoms with Gasteiger partial charge >= 0.3 is 17.9 Å². The van der Waals surface area contributed by atoms with Crippen LogP contribution in [0, 0.1) is 5.92 Å². The van der Waals surface area contributed by atoms with Gasteiger partial charge in [-0.3, -0.25) is 4.79 Å². The van der Waals surface area contributed by atoms with Crippen molar-refractivity contribution in [2.45, 2.75) is 58.8 Å². The van der Waals surface area contributed by atoms with Crippen molar-refractivity contribution in [3.05, 3.63) is 47.3 Å². The van der Waals surface area contributed by atoms with Crippen LogP contribution in [0.2, 0.25) is 0 Å². The third kappa shape index (κ3) is 4.98. The number of esters is 3. The third-order valence-electron chi connectivity index (χ3n) is 4.80. The maximum Gasteiger partial charge on any atom is 0.374 e. The van der Waals surface area contributed by atoms with Gasteiger partial charge in [0.1, 0.15) is 12.2 Å². The summed E-state index contributed by atoms with van der Waals surface area (Å²) in [7, 11) is 0. The Balaban J connectivity index is 2.38. The summed E-state index contributed by atoms with van der Waals surface area (Å²) in [6.45, 7) is 10.2. The van der Waals surface area contributed by atoms with Gasteiger partial charge in [-0.05, 0) is 44.9 Å². The van der Waals surface area contributed by atoms with Gasteiger partial charge in [0.15, 0.2) is 0 Å². The molecule has 0 bridgehead atoms. The van der Waals surface area contributed by atoms with Gasteiger partial charge in [-0.1, -0.05) is 18.2 Å². The van der Waals surface area contributed by atoms with Crippen molar-refractivity contribution in [2.75, 3.05) is 0 Å². The Morgan fingerprint density at radius 2 is 2.04 bits per heavy atom. The first-order valence-corrected chi connectivity index (χ1v) is 9.11. The number of fused-ring (bicyclic) bond motifs is 1. The van der Waals surface area contributed by atoms with Crippen molar-refractivity contribution in [3.8, 4) is 0 Å². The molecular formula is C21H26O7. The number of carbonyl (C=O) groups is 3. The van der Waals surface area contributed by atoms with Gasteiger partial charge in [0.25, 0.3) is 0 Å². The fraction of sp³-hybridized carbons (Fsp3) is 0.476. The summed E-state index contributed by atoms with van der Waals surface area (Å²) < 4.78 is 15.9. The topological polar surface area (TPSA) is 99.1 Å². The summed E-state index contributed by atoms with van der Waals surface area (Å²) in [5.41, 5.74) is 1.73. The van der Waals surface area contributed by atoms with Gasteiger partial charge in [0.2, 0.25) is 5.76 Å². The molecule has 0 radical (unpaired) electrons. The van der Waals surface area contributed by atoms with Crippen molar-refractivity contribution in [1.29, 1.82) is 0 Å². The number of aliphatic hydroxyl groups is 1. The number of ether oxygens (including phenoxy) is 3. The minimum atomic E-state index is -0.806. The molecule has 0 aromatic heterocycles. The van der Waals surface area contributed by atoms with Crippen LogP contribution in [0.5, 0.6) is 0 Å². The fourth-order valence-corrected chi connectivity index (χ4v) is 3.26. The summed E-state index contributed by atoms with van der Waals surface area (Å²) in [6.07, 6.45) is 3.44. The van der Waals surface area contributed by atoms with E-state index in [2.05, 4.69) is 6.58 Å². The molecule has 1 fully saturated rings. The molecule has 152 valence electrons. The molecule has 1 saturated heterocycles. The minimum Gasteiger partial charge on any atom is -0.455 e. The first-order valence-electron chi connectivity index (χ1n) is 9.11. The van der Waals surface area contributed by atoms with E-state index in [4.69, 9.17) is 14.2 Å². The Kier molecular flexibility index (Phi) is 6.96. The monoisotopic (exact) mass is 390 g/mol. The zero-order valence-electron chi connectivity index (χ0n) is 16.6. The van der Waals surface area contributed by atoms with E-state index in [1.54, 1.807) is 19.9 Å². The molecule has 1 N–H and O–H groups in total. The second-order valence-electron chi connectivity index (χ2n) is 7.03. The average molecular weight is 390 g/mol. The van der Waals surface area contributed by atoms with E-state index in [-0.39, 0.29) is 11.3 Å². The molecule has 2 rings (SSSR count). The van der Waals surface area contributed by atoms with Crippen molar-refractivity contribution >= 4 is 17.9 Å². The highest BCUT2D eigenvalue weighted by molar-refractivity contribution is 5.92. The molecule has 4 atom stereocenters. The lowest BCUT2D eigenvalue weighted by Gasteiger charge is -2.28. The van der Waals surface area contributed by atoms with Crippen molar-refractivity contribution in [2.24, 2.45) is 5.92 Å². The van der Waals surface area contributed by atoms with Crippen LogP contribution in [0.15, 0.2) is 47.3 Å². The molecule has 1 aliphatic heterocycles. The van der Waals surface area contributed by atoms with E-state index in [1.165, 1.54) is 13.0 Å². The number of carbonyl (C=O) groups excluding carboxylic acids is 3. The third-order valence-corrected chi connectivity index (χ3v) is 4.80. The number of allylic oxidation sites excluding steroid dienone is 1. The van der Waals surface area contributed by atoms with Gasteiger partial charge in [-0.2, -0.15) is 0 Å². The first kappa shape index (κ1) is 21.6. The largest absolute Gasteiger partial charge is 0.455 e. The first-order chi connectivity index (χ1) is 13.1. The van der Waals surface area contributed by atoms with Crippen molar-refractivity contribution in [1.82, 2.24) is 0 Å². The molecule has 0 spiro atoms. The lowest BCUT2D eigenvalue weighted by Crippen LogP contribution is -2.34. The molecule has 28 heavy (non-hydrogen) atoms. The van der Waals surface area contributed by atoms with Crippen LogP contribution in [0.1, 0.15) is 40.5 Å².